The lowest BCUT2D eigenvalue weighted by atomic mass is 9.99. The van der Waals surface area contributed by atoms with E-state index in [4.69, 9.17) is 5.73 Å². The van der Waals surface area contributed by atoms with E-state index in [1.807, 2.05) is 0 Å². The lowest BCUT2D eigenvalue weighted by Crippen LogP contribution is -2.46. The lowest BCUT2D eigenvalue weighted by molar-refractivity contribution is -0.126. The van der Waals surface area contributed by atoms with Gasteiger partial charge >= 0.3 is 0 Å². The Morgan fingerprint density at radius 1 is 1.28 bits per heavy atom. The average molecular weight is 368 g/mol. The first-order valence-electron chi connectivity index (χ1n) is 8.20. The summed E-state index contributed by atoms with van der Waals surface area (Å²) in [4.78, 5) is 23.8. The fourth-order valence-corrected chi connectivity index (χ4v) is 4.31. The molecule has 1 aliphatic heterocycles. The molecule has 0 bridgehead atoms. The highest BCUT2D eigenvalue weighted by Crippen LogP contribution is 2.24. The van der Waals surface area contributed by atoms with E-state index in [1.54, 1.807) is 0 Å². The molecule has 1 fully saturated rings. The number of carbonyl (C=O) groups is 2. The third kappa shape index (κ3) is 4.56. The van der Waals surface area contributed by atoms with E-state index in [0.717, 1.165) is 0 Å². The van der Waals surface area contributed by atoms with Crippen molar-refractivity contribution in [2.75, 3.05) is 33.2 Å². The number of hydrogen-bond acceptors (Lipinski definition) is 5. The molecule has 1 aromatic carbocycles. The number of nitrogens with two attached hydrogens (primary N) is 1. The van der Waals surface area contributed by atoms with E-state index in [-0.39, 0.29) is 29.2 Å². The van der Waals surface area contributed by atoms with E-state index in [0.29, 0.717) is 38.0 Å². The van der Waals surface area contributed by atoms with Gasteiger partial charge in [0.2, 0.25) is 15.9 Å². The summed E-state index contributed by atoms with van der Waals surface area (Å²) in [6.45, 7) is 1.25. The Morgan fingerprint density at radius 3 is 2.56 bits per heavy atom. The maximum Gasteiger partial charge on any atom is 0.251 e. The molecule has 1 atom stereocenters. The number of nitrogens with zero attached hydrogens (tertiary/aromatic N) is 1. The summed E-state index contributed by atoms with van der Waals surface area (Å²) in [5.74, 6) is -0.820. The van der Waals surface area contributed by atoms with Gasteiger partial charge in [-0.25, -0.2) is 8.42 Å². The van der Waals surface area contributed by atoms with E-state index < -0.39 is 10.0 Å². The summed E-state index contributed by atoms with van der Waals surface area (Å²) >= 11 is 0. The van der Waals surface area contributed by atoms with Crippen molar-refractivity contribution in [2.24, 2.45) is 11.7 Å². The van der Waals surface area contributed by atoms with Crippen LogP contribution in [-0.4, -0.2) is 57.8 Å². The Labute approximate surface area is 147 Å². The molecule has 25 heavy (non-hydrogen) atoms. The third-order valence-corrected chi connectivity index (χ3v) is 6.06. The van der Waals surface area contributed by atoms with E-state index in [2.05, 4.69) is 10.6 Å². The second-order valence-electron chi connectivity index (χ2n) is 5.89. The van der Waals surface area contributed by atoms with Crippen LogP contribution in [0.25, 0.3) is 0 Å². The SMILES string of the molecule is CNC(=O)c1ccc(S(=O)(=O)N2CCCC(C(=O)NCCN)C2)cc1. The predicted molar refractivity (Wildman–Crippen MR) is 93.4 cm³/mol. The summed E-state index contributed by atoms with van der Waals surface area (Å²) < 4.78 is 26.9. The normalized spacial score (nSPS) is 18.6. The minimum atomic E-state index is -3.70. The van der Waals surface area contributed by atoms with Crippen LogP contribution in [0.3, 0.4) is 0 Å². The molecule has 9 heteroatoms. The van der Waals surface area contributed by atoms with Crippen molar-refractivity contribution in [3.05, 3.63) is 29.8 Å². The highest BCUT2D eigenvalue weighted by Gasteiger charge is 2.33. The van der Waals surface area contributed by atoms with Crippen molar-refractivity contribution in [1.82, 2.24) is 14.9 Å². The van der Waals surface area contributed by atoms with Crippen LogP contribution in [0, 0.1) is 5.92 Å². The van der Waals surface area contributed by atoms with Gasteiger partial charge in [0.15, 0.2) is 0 Å². The Morgan fingerprint density at radius 2 is 1.96 bits per heavy atom. The number of hydrogen-bond donors (Lipinski definition) is 3. The average Bonchev–Trinajstić information content (AvgIpc) is 2.65. The predicted octanol–water partition coefficient (Wildman–Crippen LogP) is -0.478. The molecule has 0 aromatic heterocycles. The second kappa shape index (κ2) is 8.41. The molecule has 0 radical (unpaired) electrons. The van der Waals surface area contributed by atoms with E-state index in [9.17, 15) is 18.0 Å². The molecular weight excluding hydrogens is 344 g/mol. The number of carbonyl (C=O) groups excluding carboxylic acids is 2. The Kier molecular flexibility index (Phi) is 6.51. The summed E-state index contributed by atoms with van der Waals surface area (Å²) in [5, 5.41) is 5.20. The van der Waals surface area contributed by atoms with Gasteiger partial charge in [-0.3, -0.25) is 9.59 Å². The molecule has 2 amide bonds. The fraction of sp³-hybridized carbons (Fsp3) is 0.500. The lowest BCUT2D eigenvalue weighted by Gasteiger charge is -2.31. The van der Waals surface area contributed by atoms with Gasteiger partial charge in [-0.2, -0.15) is 4.31 Å². The topological polar surface area (TPSA) is 122 Å². The molecule has 4 N–H and O–H groups in total. The van der Waals surface area contributed by atoms with Crippen LogP contribution in [-0.2, 0) is 14.8 Å². The Bertz CT molecular complexity index is 718. The summed E-state index contributed by atoms with van der Waals surface area (Å²) in [5.41, 5.74) is 5.76. The van der Waals surface area contributed by atoms with Crippen molar-refractivity contribution in [2.45, 2.75) is 17.7 Å². The van der Waals surface area contributed by atoms with Gasteiger partial charge in [-0.15, -0.1) is 0 Å². The molecule has 1 unspecified atom stereocenters. The van der Waals surface area contributed by atoms with Gasteiger partial charge in [0.1, 0.15) is 0 Å². The monoisotopic (exact) mass is 368 g/mol. The smallest absolute Gasteiger partial charge is 0.251 e. The van der Waals surface area contributed by atoms with Crippen LogP contribution in [0.5, 0.6) is 0 Å². The van der Waals surface area contributed by atoms with E-state index in [1.165, 1.54) is 35.6 Å². The zero-order valence-corrected chi connectivity index (χ0v) is 15.0. The van der Waals surface area contributed by atoms with Crippen LogP contribution in [0.15, 0.2) is 29.2 Å². The minimum absolute atomic E-state index is 0.114. The number of nitrogens with one attached hydrogen (secondary N) is 2. The van der Waals surface area contributed by atoms with Crippen LogP contribution in [0.2, 0.25) is 0 Å². The first-order chi connectivity index (χ1) is 11.9. The van der Waals surface area contributed by atoms with Crippen LogP contribution >= 0.6 is 0 Å². The van der Waals surface area contributed by atoms with Crippen molar-refractivity contribution < 1.29 is 18.0 Å². The third-order valence-electron chi connectivity index (χ3n) is 4.18. The number of benzene rings is 1. The van der Waals surface area contributed by atoms with Gasteiger partial charge in [0.05, 0.1) is 10.8 Å². The molecule has 1 saturated heterocycles. The summed E-state index contributed by atoms with van der Waals surface area (Å²) in [7, 11) is -2.19. The van der Waals surface area contributed by atoms with Crippen molar-refractivity contribution in [3.8, 4) is 0 Å². The molecular formula is C16H24N4O4S. The number of amides is 2. The first-order valence-corrected chi connectivity index (χ1v) is 9.64. The highest BCUT2D eigenvalue weighted by atomic mass is 32.2. The van der Waals surface area contributed by atoms with Gasteiger partial charge in [0, 0.05) is 38.8 Å². The zero-order chi connectivity index (χ0) is 18.4. The standard InChI is InChI=1S/C16H24N4O4S/c1-18-15(21)12-4-6-14(7-5-12)25(23,24)20-10-2-3-13(11-20)16(22)19-9-8-17/h4-7,13H,2-3,8-11,17H2,1H3,(H,18,21)(H,19,22). The molecule has 0 spiro atoms. The van der Waals surface area contributed by atoms with E-state index >= 15 is 0 Å². The molecule has 138 valence electrons. The molecule has 1 aromatic rings. The Balaban J connectivity index is 2.13. The van der Waals surface area contributed by atoms with Gasteiger partial charge < -0.3 is 16.4 Å². The fourth-order valence-electron chi connectivity index (χ4n) is 2.79. The number of sulfonamides is 1. The number of piperidine rings is 1. The Hall–Kier alpha value is -1.97. The summed E-state index contributed by atoms with van der Waals surface area (Å²) in [6, 6.07) is 5.78. The molecule has 1 heterocycles. The van der Waals surface area contributed by atoms with Crippen molar-refractivity contribution in [3.63, 3.8) is 0 Å². The van der Waals surface area contributed by atoms with Crippen LogP contribution in [0.4, 0.5) is 0 Å². The van der Waals surface area contributed by atoms with Gasteiger partial charge in [-0.1, -0.05) is 0 Å². The quantitative estimate of drug-likeness (QED) is 0.626. The maximum atomic E-state index is 12.8. The second-order valence-corrected chi connectivity index (χ2v) is 7.82. The molecule has 0 saturated carbocycles. The molecule has 8 nitrogen and oxygen atoms in total. The molecule has 2 rings (SSSR count). The van der Waals surface area contributed by atoms with Crippen molar-refractivity contribution >= 4 is 21.8 Å². The van der Waals surface area contributed by atoms with Crippen LogP contribution in [0.1, 0.15) is 23.2 Å². The summed E-state index contributed by atoms with van der Waals surface area (Å²) in [6.07, 6.45) is 1.27. The van der Waals surface area contributed by atoms with Crippen molar-refractivity contribution in [1.29, 1.82) is 0 Å². The first kappa shape index (κ1) is 19.4. The van der Waals surface area contributed by atoms with Gasteiger partial charge in [0.25, 0.3) is 5.91 Å². The van der Waals surface area contributed by atoms with Crippen LogP contribution < -0.4 is 16.4 Å². The maximum absolute atomic E-state index is 12.8. The molecule has 0 aliphatic carbocycles. The highest BCUT2D eigenvalue weighted by molar-refractivity contribution is 7.89. The molecule has 1 aliphatic rings. The van der Waals surface area contributed by atoms with Gasteiger partial charge in [-0.05, 0) is 37.1 Å². The zero-order valence-electron chi connectivity index (χ0n) is 14.2. The minimum Gasteiger partial charge on any atom is -0.355 e. The largest absolute Gasteiger partial charge is 0.355 e. The number of rotatable bonds is 6.